The van der Waals surface area contributed by atoms with Crippen molar-refractivity contribution in [2.45, 2.75) is 25.8 Å². The molecular weight excluding hydrogens is 655 g/mol. The number of nitrogens with one attached hydrogen (secondary N) is 1. The number of hydrogen-bond acceptors (Lipinski definition) is 8. The Hall–Kier alpha value is -4.39. The predicted molar refractivity (Wildman–Crippen MR) is 172 cm³/mol. The molecule has 0 radical (unpaired) electrons. The van der Waals surface area contributed by atoms with Crippen LogP contribution in [0.3, 0.4) is 0 Å². The third kappa shape index (κ3) is 5.85. The molecule has 2 aromatic carbocycles. The summed E-state index contributed by atoms with van der Waals surface area (Å²) in [6.45, 7) is 3.27. The maximum absolute atomic E-state index is 15.5. The highest BCUT2D eigenvalue weighted by atomic mass is 35.5. The normalized spacial score (nSPS) is 16.0. The third-order valence-electron chi connectivity index (χ3n) is 8.50. The maximum atomic E-state index is 15.5. The molecule has 1 N–H and O–H groups in total. The molecule has 2 aliphatic rings. The van der Waals surface area contributed by atoms with Crippen molar-refractivity contribution >= 4 is 40.8 Å². The van der Waals surface area contributed by atoms with Gasteiger partial charge in [0.1, 0.15) is 17.2 Å². The summed E-state index contributed by atoms with van der Waals surface area (Å²) < 4.78 is 42.8. The fraction of sp³-hybridized carbons (Fsp3) is 0.303. The molecule has 1 atom stereocenters. The van der Waals surface area contributed by atoms with Crippen molar-refractivity contribution in [1.82, 2.24) is 19.7 Å². The van der Waals surface area contributed by atoms with Crippen molar-refractivity contribution in [2.75, 3.05) is 32.1 Å². The highest BCUT2D eigenvalue weighted by molar-refractivity contribution is 6.39. The summed E-state index contributed by atoms with van der Waals surface area (Å²) >= 11 is 13.4. The molecule has 2 aromatic heterocycles. The smallest absolute Gasteiger partial charge is 0.311 e. The molecule has 1 amide bonds. The molecule has 1 saturated heterocycles. The molecule has 0 bridgehead atoms. The van der Waals surface area contributed by atoms with Crippen LogP contribution in [0.4, 0.5) is 14.5 Å². The zero-order valence-electron chi connectivity index (χ0n) is 25.6. The Labute approximate surface area is 278 Å². The molecule has 244 valence electrons. The highest BCUT2D eigenvalue weighted by Gasteiger charge is 2.42. The third-order valence-corrected chi connectivity index (χ3v) is 9.29. The second-order valence-corrected chi connectivity index (χ2v) is 12.0. The van der Waals surface area contributed by atoms with Gasteiger partial charge in [-0.3, -0.25) is 19.3 Å². The van der Waals surface area contributed by atoms with Crippen LogP contribution in [0, 0.1) is 17.6 Å². The topological polar surface area (TPSA) is 116 Å². The van der Waals surface area contributed by atoms with Gasteiger partial charge in [0.15, 0.2) is 0 Å². The minimum atomic E-state index is -0.885. The Morgan fingerprint density at radius 1 is 1.06 bits per heavy atom. The molecule has 1 aliphatic carbocycles. The number of aryl methyl sites for hydroxylation is 2. The van der Waals surface area contributed by atoms with Gasteiger partial charge >= 0.3 is 5.97 Å². The number of rotatable bonds is 8. The van der Waals surface area contributed by atoms with Crippen LogP contribution in [-0.4, -0.2) is 58.3 Å². The Balaban J connectivity index is 1.34. The molecule has 6 rings (SSSR count). The molecule has 10 nitrogen and oxygen atoms in total. The zero-order chi connectivity index (χ0) is 33.6. The van der Waals surface area contributed by atoms with Crippen LogP contribution in [0.25, 0.3) is 22.4 Å². The van der Waals surface area contributed by atoms with E-state index in [4.69, 9.17) is 37.7 Å². The SMILES string of the molecule is CCOC(=O)C1CN(C2CCc3cc(-c4ccc(F)c(-c5c(F)ccc(NC(=O)c6ccnn(C)c6=O)c5Cl)c4Cl)nc(OC)c32)C1. The van der Waals surface area contributed by atoms with Crippen molar-refractivity contribution in [3.05, 3.63) is 91.3 Å². The van der Waals surface area contributed by atoms with Crippen LogP contribution in [-0.2, 0) is 23.0 Å². The van der Waals surface area contributed by atoms with Gasteiger partial charge in [0.25, 0.3) is 11.5 Å². The van der Waals surface area contributed by atoms with Crippen LogP contribution in [0.5, 0.6) is 5.88 Å². The number of anilines is 1. The molecule has 14 heteroatoms. The first-order valence-corrected chi connectivity index (χ1v) is 15.6. The van der Waals surface area contributed by atoms with Gasteiger partial charge in [-0.05, 0) is 61.7 Å². The van der Waals surface area contributed by atoms with Crippen molar-refractivity contribution in [3.63, 3.8) is 0 Å². The maximum Gasteiger partial charge on any atom is 0.311 e. The number of esters is 1. The summed E-state index contributed by atoms with van der Waals surface area (Å²) in [5.41, 5.74) is 0.938. The molecule has 4 aromatic rings. The van der Waals surface area contributed by atoms with Crippen LogP contribution in [0.15, 0.2) is 47.4 Å². The summed E-state index contributed by atoms with van der Waals surface area (Å²) in [4.78, 5) is 44.3. The second-order valence-electron chi connectivity index (χ2n) is 11.2. The van der Waals surface area contributed by atoms with E-state index >= 15 is 8.78 Å². The number of methoxy groups -OCH3 is 1. The zero-order valence-corrected chi connectivity index (χ0v) is 27.1. The number of carbonyl (C=O) groups is 2. The van der Waals surface area contributed by atoms with Crippen LogP contribution in [0.1, 0.15) is 40.9 Å². The van der Waals surface area contributed by atoms with Crippen LogP contribution in [0.2, 0.25) is 10.0 Å². The molecule has 47 heavy (non-hydrogen) atoms. The number of fused-ring (bicyclic) bond motifs is 1. The van der Waals surface area contributed by atoms with E-state index in [1.807, 2.05) is 6.07 Å². The molecule has 1 fully saturated rings. The number of ether oxygens (including phenoxy) is 2. The van der Waals surface area contributed by atoms with E-state index in [9.17, 15) is 14.4 Å². The van der Waals surface area contributed by atoms with E-state index in [1.54, 1.807) is 6.92 Å². The minimum absolute atomic E-state index is 0.00429. The fourth-order valence-electron chi connectivity index (χ4n) is 6.14. The van der Waals surface area contributed by atoms with E-state index in [1.165, 1.54) is 38.6 Å². The number of pyridine rings is 1. The molecule has 3 heterocycles. The number of benzene rings is 2. The van der Waals surface area contributed by atoms with Gasteiger partial charge in [-0.2, -0.15) is 5.10 Å². The lowest BCUT2D eigenvalue weighted by Gasteiger charge is -2.42. The fourth-order valence-corrected chi connectivity index (χ4v) is 6.78. The Kier molecular flexibility index (Phi) is 9.01. The average Bonchev–Trinajstić information content (AvgIpc) is 3.44. The number of carbonyl (C=O) groups excluding carboxylic acids is 2. The van der Waals surface area contributed by atoms with E-state index < -0.39 is 23.1 Å². The van der Waals surface area contributed by atoms with Crippen LogP contribution < -0.4 is 15.6 Å². The first kappa shape index (κ1) is 32.5. The predicted octanol–water partition coefficient (Wildman–Crippen LogP) is 5.84. The Morgan fingerprint density at radius 2 is 1.77 bits per heavy atom. The molecule has 0 spiro atoms. The number of hydrogen-bond donors (Lipinski definition) is 1. The summed E-state index contributed by atoms with van der Waals surface area (Å²) in [7, 11) is 2.90. The molecular formula is C33H29Cl2F2N5O5. The second kappa shape index (κ2) is 13.0. The van der Waals surface area contributed by atoms with Gasteiger partial charge in [-0.25, -0.2) is 18.4 Å². The quantitative estimate of drug-likeness (QED) is 0.231. The lowest BCUT2D eigenvalue weighted by molar-refractivity contribution is -0.155. The lowest BCUT2D eigenvalue weighted by Crippen LogP contribution is -2.51. The molecule has 0 saturated carbocycles. The first-order valence-electron chi connectivity index (χ1n) is 14.8. The summed E-state index contributed by atoms with van der Waals surface area (Å²) in [5, 5.41) is 5.81. The van der Waals surface area contributed by atoms with E-state index in [0.717, 1.165) is 34.4 Å². The monoisotopic (exact) mass is 683 g/mol. The summed E-state index contributed by atoms with van der Waals surface area (Å²) in [6.07, 6.45) is 2.78. The van der Waals surface area contributed by atoms with Crippen molar-refractivity contribution in [3.8, 4) is 28.3 Å². The number of aromatic nitrogens is 3. The number of amides is 1. The lowest BCUT2D eigenvalue weighted by atomic mass is 9.95. The Bertz CT molecular complexity index is 1980. The number of nitrogens with zero attached hydrogens (tertiary/aromatic N) is 4. The summed E-state index contributed by atoms with van der Waals surface area (Å²) in [6, 6.07) is 7.90. The van der Waals surface area contributed by atoms with Crippen molar-refractivity contribution in [1.29, 1.82) is 0 Å². The first-order chi connectivity index (χ1) is 22.5. The summed E-state index contributed by atoms with van der Waals surface area (Å²) in [5.74, 6) is -2.55. The van der Waals surface area contributed by atoms with Crippen molar-refractivity contribution in [2.24, 2.45) is 13.0 Å². The van der Waals surface area contributed by atoms with Gasteiger partial charge in [0.05, 0.1) is 41.1 Å². The van der Waals surface area contributed by atoms with Gasteiger partial charge in [0.2, 0.25) is 5.88 Å². The Morgan fingerprint density at radius 3 is 2.47 bits per heavy atom. The molecule has 1 aliphatic heterocycles. The number of likely N-dealkylation sites (tertiary alicyclic amines) is 1. The highest BCUT2D eigenvalue weighted by Crippen LogP contribution is 2.47. The van der Waals surface area contributed by atoms with E-state index in [-0.39, 0.29) is 50.4 Å². The number of halogens is 4. The van der Waals surface area contributed by atoms with E-state index in [0.29, 0.717) is 43.3 Å². The van der Waals surface area contributed by atoms with Gasteiger partial charge in [-0.1, -0.05) is 23.2 Å². The van der Waals surface area contributed by atoms with Gasteiger partial charge < -0.3 is 14.8 Å². The minimum Gasteiger partial charge on any atom is -0.481 e. The van der Waals surface area contributed by atoms with Crippen molar-refractivity contribution < 1.29 is 27.8 Å². The van der Waals surface area contributed by atoms with Gasteiger partial charge in [-0.15, -0.1) is 0 Å². The average molecular weight is 685 g/mol. The molecule has 1 unspecified atom stereocenters. The standard InChI is InChI=1S/C33H29Cl2F2N5O5/c1-4-47-33(45)17-14-42(15-17)24-10-5-16-13-23(40-31(46-3)25(16)24)18-6-7-20(36)26(28(18)34)27-21(37)8-9-22(29(27)35)39-30(43)19-11-12-38-41(2)32(19)44/h6-9,11-13,17,24H,4-5,10,14-15H2,1-3H3,(H,39,43). The van der Waals surface area contributed by atoms with Gasteiger partial charge in [0, 0.05) is 54.6 Å². The largest absolute Gasteiger partial charge is 0.481 e. The van der Waals surface area contributed by atoms with E-state index in [2.05, 4.69) is 15.3 Å². The van der Waals surface area contributed by atoms with Crippen LogP contribution >= 0.6 is 23.2 Å².